The highest BCUT2D eigenvalue weighted by atomic mass is 16.7. The molecular formula is C40H47N3O6. The number of fused-ring (bicyclic) bond motifs is 3. The molecule has 1 aromatic heterocycles. The molecule has 0 fully saturated rings. The summed E-state index contributed by atoms with van der Waals surface area (Å²) >= 11 is 0. The van der Waals surface area contributed by atoms with Gasteiger partial charge in [0.05, 0.1) is 31.9 Å². The first-order valence-electron chi connectivity index (χ1n) is 16.9. The Hall–Kier alpha value is -4.73. The van der Waals surface area contributed by atoms with E-state index < -0.39 is 24.5 Å². The van der Waals surface area contributed by atoms with E-state index in [0.29, 0.717) is 18.9 Å². The maximum absolute atomic E-state index is 15.2. The van der Waals surface area contributed by atoms with E-state index in [1.807, 2.05) is 113 Å². The second-order valence-corrected chi connectivity index (χ2v) is 12.9. The van der Waals surface area contributed by atoms with Crippen molar-refractivity contribution >= 4 is 12.0 Å². The number of rotatable bonds is 14. The minimum Gasteiger partial charge on any atom is -0.488 e. The molecule has 5 rings (SSSR count). The smallest absolute Gasteiger partial charge is 0.410 e. The highest BCUT2D eigenvalue weighted by Gasteiger charge is 2.43. The Balaban J connectivity index is 1.63. The maximum Gasteiger partial charge on any atom is 0.410 e. The molecule has 1 unspecified atom stereocenters. The summed E-state index contributed by atoms with van der Waals surface area (Å²) < 4.78 is 23.4. The van der Waals surface area contributed by atoms with Crippen molar-refractivity contribution in [1.29, 1.82) is 0 Å². The average molecular weight is 666 g/mol. The van der Waals surface area contributed by atoms with Crippen LogP contribution in [0.15, 0.2) is 97.2 Å². The molecule has 9 nitrogen and oxygen atoms in total. The van der Waals surface area contributed by atoms with Crippen molar-refractivity contribution < 1.29 is 28.5 Å². The topological polar surface area (TPSA) is 90.4 Å². The number of carbonyl (C=O) groups excluding carboxylic acids is 2. The molecule has 0 spiro atoms. The van der Waals surface area contributed by atoms with E-state index in [1.165, 1.54) is 7.11 Å². The molecule has 2 amide bonds. The van der Waals surface area contributed by atoms with E-state index in [1.54, 1.807) is 16.0 Å². The third-order valence-electron chi connectivity index (χ3n) is 8.33. The minimum absolute atomic E-state index is 0.138. The third-order valence-corrected chi connectivity index (χ3v) is 8.33. The van der Waals surface area contributed by atoms with Crippen LogP contribution in [0.1, 0.15) is 63.0 Å². The lowest BCUT2D eigenvalue weighted by atomic mass is 9.97. The molecular weight excluding hydrogens is 618 g/mol. The molecule has 1 heterocycles. The molecule has 0 saturated heterocycles. The van der Waals surface area contributed by atoms with E-state index in [9.17, 15) is 4.79 Å². The Morgan fingerprint density at radius 3 is 1.94 bits per heavy atom. The van der Waals surface area contributed by atoms with Crippen LogP contribution in [0.25, 0.3) is 11.1 Å². The van der Waals surface area contributed by atoms with E-state index in [0.717, 1.165) is 33.6 Å². The fourth-order valence-electron chi connectivity index (χ4n) is 6.36. The second-order valence-electron chi connectivity index (χ2n) is 12.9. The number of benzene rings is 3. The lowest BCUT2D eigenvalue weighted by molar-refractivity contribution is -0.162. The van der Waals surface area contributed by atoms with Crippen LogP contribution in [0, 0.1) is 0 Å². The standard InChI is InChI=1S/C40H47N3O6/c1-7-47-36(48-8-2)27-42(26-29-15-13-14-24-41-29)38(44)35(25-28-20-22-30(23-21-28)49-40(3,4)5)43(39(45)46-6)37-33-18-11-9-16-31(33)32-17-10-12-19-34(32)37/h9-24,35-37H,7-8,25-27H2,1-6H3. The summed E-state index contributed by atoms with van der Waals surface area (Å²) in [6, 6.07) is 27.8. The van der Waals surface area contributed by atoms with Crippen molar-refractivity contribution in [1.82, 2.24) is 14.8 Å². The van der Waals surface area contributed by atoms with Crippen LogP contribution in [0.2, 0.25) is 0 Å². The quantitative estimate of drug-likeness (QED) is 0.129. The van der Waals surface area contributed by atoms with Gasteiger partial charge < -0.3 is 23.8 Å². The summed E-state index contributed by atoms with van der Waals surface area (Å²) in [6.07, 6.45) is 0.645. The molecule has 9 heteroatoms. The van der Waals surface area contributed by atoms with Gasteiger partial charge in [0.25, 0.3) is 0 Å². The van der Waals surface area contributed by atoms with Gasteiger partial charge >= 0.3 is 6.09 Å². The lowest BCUT2D eigenvalue weighted by Gasteiger charge is -2.38. The van der Waals surface area contributed by atoms with Crippen molar-refractivity contribution in [2.75, 3.05) is 26.9 Å². The third kappa shape index (κ3) is 8.66. The highest BCUT2D eigenvalue weighted by molar-refractivity contribution is 5.88. The van der Waals surface area contributed by atoms with Crippen molar-refractivity contribution in [3.8, 4) is 16.9 Å². The Bertz CT molecular complexity index is 1640. The summed E-state index contributed by atoms with van der Waals surface area (Å²) in [7, 11) is 1.36. The molecule has 1 atom stereocenters. The summed E-state index contributed by atoms with van der Waals surface area (Å²) in [4.78, 5) is 37.1. The molecule has 0 bridgehead atoms. The first-order chi connectivity index (χ1) is 23.6. The minimum atomic E-state index is -0.973. The Kier molecular flexibility index (Phi) is 11.7. The van der Waals surface area contributed by atoms with Gasteiger partial charge in [-0.25, -0.2) is 4.79 Å². The highest BCUT2D eigenvalue weighted by Crippen LogP contribution is 2.47. The van der Waals surface area contributed by atoms with Gasteiger partial charge in [-0.15, -0.1) is 0 Å². The van der Waals surface area contributed by atoms with Crippen LogP contribution in [0.5, 0.6) is 5.75 Å². The molecule has 3 aromatic carbocycles. The van der Waals surface area contributed by atoms with Gasteiger partial charge in [0.2, 0.25) is 5.91 Å². The van der Waals surface area contributed by atoms with Crippen LogP contribution in [-0.2, 0) is 32.0 Å². The number of pyridine rings is 1. The number of amides is 2. The molecule has 0 saturated carbocycles. The van der Waals surface area contributed by atoms with Gasteiger partial charge in [0, 0.05) is 25.8 Å². The van der Waals surface area contributed by atoms with Crippen molar-refractivity contribution in [3.63, 3.8) is 0 Å². The van der Waals surface area contributed by atoms with E-state index in [2.05, 4.69) is 17.1 Å². The maximum atomic E-state index is 15.2. The van der Waals surface area contributed by atoms with Crippen molar-refractivity contribution in [3.05, 3.63) is 120 Å². The Morgan fingerprint density at radius 1 is 0.816 bits per heavy atom. The fourth-order valence-corrected chi connectivity index (χ4v) is 6.36. The zero-order valence-corrected chi connectivity index (χ0v) is 29.3. The Morgan fingerprint density at radius 2 is 1.41 bits per heavy atom. The number of methoxy groups -OCH3 is 1. The molecule has 258 valence electrons. The zero-order chi connectivity index (χ0) is 35.0. The second kappa shape index (κ2) is 16.1. The van der Waals surface area contributed by atoms with Crippen LogP contribution in [0.4, 0.5) is 4.79 Å². The predicted octanol–water partition coefficient (Wildman–Crippen LogP) is 7.44. The van der Waals surface area contributed by atoms with Gasteiger partial charge in [-0.05, 0) is 86.7 Å². The first-order valence-corrected chi connectivity index (χ1v) is 16.9. The number of nitrogens with zero attached hydrogens (tertiary/aromatic N) is 3. The van der Waals surface area contributed by atoms with E-state index in [-0.39, 0.29) is 31.0 Å². The summed E-state index contributed by atoms with van der Waals surface area (Å²) in [5.41, 5.74) is 5.09. The first kappa shape index (κ1) is 35.6. The van der Waals surface area contributed by atoms with Crippen LogP contribution >= 0.6 is 0 Å². The molecule has 0 radical (unpaired) electrons. The zero-order valence-electron chi connectivity index (χ0n) is 29.3. The molecule has 49 heavy (non-hydrogen) atoms. The molecule has 1 aliphatic carbocycles. The van der Waals surface area contributed by atoms with E-state index >= 15 is 4.79 Å². The van der Waals surface area contributed by atoms with Crippen molar-refractivity contribution in [2.24, 2.45) is 0 Å². The molecule has 0 N–H and O–H groups in total. The normalized spacial score (nSPS) is 13.0. The van der Waals surface area contributed by atoms with E-state index in [4.69, 9.17) is 18.9 Å². The molecule has 4 aromatic rings. The Labute approximate surface area is 289 Å². The van der Waals surface area contributed by atoms with Gasteiger partial charge in [0.1, 0.15) is 17.4 Å². The largest absolute Gasteiger partial charge is 0.488 e. The number of hydrogen-bond acceptors (Lipinski definition) is 7. The number of aromatic nitrogens is 1. The van der Waals surface area contributed by atoms with Crippen LogP contribution in [0.3, 0.4) is 0 Å². The number of hydrogen-bond donors (Lipinski definition) is 0. The monoisotopic (exact) mass is 665 g/mol. The SMILES string of the molecule is CCOC(CN(Cc1ccccn1)C(=O)C(Cc1ccc(OC(C)(C)C)cc1)N(C(=O)OC)C1c2ccccc2-c2ccccc21)OCC. The fraction of sp³-hybridized carbons (Fsp3) is 0.375. The van der Waals surface area contributed by atoms with Crippen LogP contribution in [-0.4, -0.2) is 71.6 Å². The summed E-state index contributed by atoms with van der Waals surface area (Å²) in [5, 5.41) is 0. The lowest BCUT2D eigenvalue weighted by Crippen LogP contribution is -2.54. The molecule has 0 aliphatic heterocycles. The summed E-state index contributed by atoms with van der Waals surface area (Å²) in [6.45, 7) is 10.9. The van der Waals surface area contributed by atoms with Gasteiger partial charge in [0.15, 0.2) is 6.29 Å². The number of carbonyl (C=O) groups is 2. The van der Waals surface area contributed by atoms with Gasteiger partial charge in [-0.3, -0.25) is 14.7 Å². The van der Waals surface area contributed by atoms with Crippen molar-refractivity contribution in [2.45, 2.75) is 71.6 Å². The average Bonchev–Trinajstić information content (AvgIpc) is 3.42. The predicted molar refractivity (Wildman–Crippen MR) is 189 cm³/mol. The van der Waals surface area contributed by atoms with Crippen LogP contribution < -0.4 is 4.74 Å². The summed E-state index contributed by atoms with van der Waals surface area (Å²) in [5.74, 6) is 0.438. The number of ether oxygens (including phenoxy) is 4. The molecule has 1 aliphatic rings. The van der Waals surface area contributed by atoms with Gasteiger partial charge in [-0.1, -0.05) is 66.7 Å². The van der Waals surface area contributed by atoms with Gasteiger partial charge in [-0.2, -0.15) is 0 Å².